The largest absolute Gasteiger partial charge is 0.480 e. The molecule has 1 N–H and O–H groups in total. The Morgan fingerprint density at radius 2 is 1.93 bits per heavy atom. The van der Waals surface area contributed by atoms with Gasteiger partial charge in [0, 0.05) is 11.3 Å². The first kappa shape index (κ1) is 19.7. The summed E-state index contributed by atoms with van der Waals surface area (Å²) in [5.41, 5.74) is 3.45. The van der Waals surface area contributed by atoms with Gasteiger partial charge < -0.3 is 10.1 Å². The molecule has 3 aromatic rings. The number of ether oxygens (including phenoxy) is 1. The number of nitrogens with one attached hydrogen (secondary N) is 1. The maximum atomic E-state index is 12.7. The Kier molecular flexibility index (Phi) is 5.97. The maximum Gasteiger partial charge on any atom is 0.266 e. The Labute approximate surface area is 170 Å². The van der Waals surface area contributed by atoms with Crippen molar-refractivity contribution in [2.24, 2.45) is 0 Å². The summed E-state index contributed by atoms with van der Waals surface area (Å²) in [7, 11) is 0. The fourth-order valence-electron chi connectivity index (χ4n) is 2.98. The Morgan fingerprint density at radius 1 is 1.14 bits per heavy atom. The molecule has 0 unspecified atom stereocenters. The van der Waals surface area contributed by atoms with Crippen molar-refractivity contribution < 1.29 is 9.53 Å². The van der Waals surface area contributed by atoms with Crippen LogP contribution in [0.1, 0.15) is 16.7 Å². The van der Waals surface area contributed by atoms with Crippen LogP contribution >= 0.6 is 0 Å². The van der Waals surface area contributed by atoms with E-state index in [0.29, 0.717) is 17.0 Å². The average Bonchev–Trinajstić information content (AvgIpc) is 2.73. The molecule has 0 atom stereocenters. The molecule has 0 aliphatic rings. The van der Waals surface area contributed by atoms with E-state index in [4.69, 9.17) is 11.2 Å². The predicted molar refractivity (Wildman–Crippen MR) is 116 cm³/mol. The first-order valence-electron chi connectivity index (χ1n) is 9.12. The van der Waals surface area contributed by atoms with Gasteiger partial charge in [0.25, 0.3) is 5.91 Å². The number of nitriles is 1. The summed E-state index contributed by atoms with van der Waals surface area (Å²) >= 11 is 0. The lowest BCUT2D eigenvalue weighted by atomic mass is 10.0. The van der Waals surface area contributed by atoms with Crippen LogP contribution in [0.4, 0.5) is 5.69 Å². The van der Waals surface area contributed by atoms with Gasteiger partial charge in [-0.05, 0) is 60.0 Å². The highest BCUT2D eigenvalue weighted by Crippen LogP contribution is 2.30. The Balaban J connectivity index is 2.02. The molecule has 0 spiro atoms. The lowest BCUT2D eigenvalue weighted by Crippen LogP contribution is -2.13. The SMILES string of the molecule is C#CCOc1ccc2ccccc2c1/C=C(\C#N)C(=O)Nc1ccc(C)c(C)c1. The van der Waals surface area contributed by atoms with E-state index in [1.165, 1.54) is 0 Å². The third-order valence-corrected chi connectivity index (χ3v) is 4.66. The van der Waals surface area contributed by atoms with Crippen LogP contribution in [-0.2, 0) is 4.79 Å². The summed E-state index contributed by atoms with van der Waals surface area (Å²) in [5.74, 6) is 2.48. The molecule has 0 radical (unpaired) electrons. The first-order valence-corrected chi connectivity index (χ1v) is 9.12. The number of rotatable bonds is 5. The monoisotopic (exact) mass is 380 g/mol. The number of aryl methyl sites for hydroxylation is 2. The minimum absolute atomic E-state index is 0.0230. The smallest absolute Gasteiger partial charge is 0.266 e. The zero-order valence-corrected chi connectivity index (χ0v) is 16.3. The van der Waals surface area contributed by atoms with Gasteiger partial charge in [0.15, 0.2) is 0 Å². The van der Waals surface area contributed by atoms with Gasteiger partial charge in [-0.2, -0.15) is 5.26 Å². The fraction of sp³-hybridized carbons (Fsp3) is 0.120. The van der Waals surface area contributed by atoms with E-state index in [9.17, 15) is 10.1 Å². The summed E-state index contributed by atoms with van der Waals surface area (Å²) in [5, 5.41) is 14.3. The lowest BCUT2D eigenvalue weighted by Gasteiger charge is -2.11. The normalized spacial score (nSPS) is 10.8. The zero-order chi connectivity index (χ0) is 20.8. The van der Waals surface area contributed by atoms with Gasteiger partial charge in [-0.25, -0.2) is 0 Å². The molecule has 0 saturated heterocycles. The van der Waals surface area contributed by atoms with E-state index in [2.05, 4.69) is 11.2 Å². The quantitative estimate of drug-likeness (QED) is 0.384. The van der Waals surface area contributed by atoms with Gasteiger partial charge in [-0.3, -0.25) is 4.79 Å². The predicted octanol–water partition coefficient (Wildman–Crippen LogP) is 5.01. The van der Waals surface area contributed by atoms with Crippen molar-refractivity contribution >= 4 is 28.4 Å². The van der Waals surface area contributed by atoms with Gasteiger partial charge in [0.2, 0.25) is 0 Å². The molecule has 3 aromatic carbocycles. The molecule has 0 saturated carbocycles. The minimum Gasteiger partial charge on any atom is -0.480 e. The molecule has 0 heterocycles. The van der Waals surface area contributed by atoms with Gasteiger partial charge in [-0.1, -0.05) is 42.3 Å². The van der Waals surface area contributed by atoms with Crippen molar-refractivity contribution in [2.45, 2.75) is 13.8 Å². The third kappa shape index (κ3) is 4.46. The summed E-state index contributed by atoms with van der Waals surface area (Å²) in [4.78, 5) is 12.7. The summed E-state index contributed by atoms with van der Waals surface area (Å²) in [6, 6.07) is 19.0. The highest BCUT2D eigenvalue weighted by Gasteiger charge is 2.14. The van der Waals surface area contributed by atoms with Gasteiger partial charge >= 0.3 is 0 Å². The highest BCUT2D eigenvalue weighted by atomic mass is 16.5. The molecule has 0 aliphatic heterocycles. The number of carbonyl (C=O) groups excluding carboxylic acids is 1. The van der Waals surface area contributed by atoms with Gasteiger partial charge in [-0.15, -0.1) is 6.42 Å². The van der Waals surface area contributed by atoms with Crippen molar-refractivity contribution in [1.82, 2.24) is 0 Å². The van der Waals surface area contributed by atoms with Crippen LogP contribution in [-0.4, -0.2) is 12.5 Å². The number of hydrogen-bond donors (Lipinski definition) is 1. The van der Waals surface area contributed by atoms with Crippen LogP contribution in [0.5, 0.6) is 5.75 Å². The molecule has 142 valence electrons. The number of fused-ring (bicyclic) bond motifs is 1. The minimum atomic E-state index is -0.480. The van der Waals surface area contributed by atoms with Crippen molar-refractivity contribution in [3.63, 3.8) is 0 Å². The zero-order valence-electron chi connectivity index (χ0n) is 16.3. The summed E-state index contributed by atoms with van der Waals surface area (Å²) < 4.78 is 5.64. The number of benzene rings is 3. The van der Waals surface area contributed by atoms with Crippen molar-refractivity contribution in [2.75, 3.05) is 11.9 Å². The molecule has 3 rings (SSSR count). The van der Waals surface area contributed by atoms with E-state index in [1.807, 2.05) is 68.4 Å². The van der Waals surface area contributed by atoms with E-state index in [1.54, 1.807) is 12.1 Å². The fourth-order valence-corrected chi connectivity index (χ4v) is 2.98. The Bertz CT molecular complexity index is 1190. The molecule has 4 nitrogen and oxygen atoms in total. The van der Waals surface area contributed by atoms with Crippen LogP contribution in [0.2, 0.25) is 0 Å². The van der Waals surface area contributed by atoms with E-state index in [0.717, 1.165) is 21.9 Å². The summed E-state index contributed by atoms with van der Waals surface area (Å²) in [6.45, 7) is 4.06. The second-order valence-electron chi connectivity index (χ2n) is 6.61. The van der Waals surface area contributed by atoms with Crippen LogP contribution in [0.3, 0.4) is 0 Å². The molecule has 4 heteroatoms. The molecular formula is C25H20N2O2. The summed E-state index contributed by atoms with van der Waals surface area (Å²) in [6.07, 6.45) is 6.86. The molecule has 0 aliphatic carbocycles. The number of hydrogen-bond acceptors (Lipinski definition) is 3. The second-order valence-corrected chi connectivity index (χ2v) is 6.61. The molecular weight excluding hydrogens is 360 g/mol. The molecule has 0 aromatic heterocycles. The lowest BCUT2D eigenvalue weighted by molar-refractivity contribution is -0.112. The van der Waals surface area contributed by atoms with Gasteiger partial charge in [0.1, 0.15) is 24.0 Å². The van der Waals surface area contributed by atoms with E-state index < -0.39 is 5.91 Å². The van der Waals surface area contributed by atoms with Crippen LogP contribution in [0.25, 0.3) is 16.8 Å². The third-order valence-electron chi connectivity index (χ3n) is 4.66. The highest BCUT2D eigenvalue weighted by molar-refractivity contribution is 6.11. The van der Waals surface area contributed by atoms with E-state index >= 15 is 0 Å². The number of anilines is 1. The van der Waals surface area contributed by atoms with Crippen LogP contribution in [0.15, 0.2) is 60.2 Å². The van der Waals surface area contributed by atoms with Gasteiger partial charge in [0.05, 0.1) is 0 Å². The van der Waals surface area contributed by atoms with E-state index in [-0.39, 0.29) is 12.2 Å². The Morgan fingerprint density at radius 3 is 2.66 bits per heavy atom. The van der Waals surface area contributed by atoms with Crippen molar-refractivity contribution in [3.05, 3.63) is 76.9 Å². The molecule has 0 fully saturated rings. The maximum absolute atomic E-state index is 12.7. The second kappa shape index (κ2) is 8.78. The van der Waals surface area contributed by atoms with Crippen LogP contribution in [0, 0.1) is 37.5 Å². The molecule has 0 bridgehead atoms. The number of nitrogens with zero attached hydrogens (tertiary/aromatic N) is 1. The molecule has 29 heavy (non-hydrogen) atoms. The number of amides is 1. The Hall–Kier alpha value is -4.02. The number of terminal acetylenes is 1. The standard InChI is InChI=1S/C25H20N2O2/c1-4-13-29-24-12-10-19-7-5-6-8-22(19)23(24)15-20(16-26)25(28)27-21-11-9-17(2)18(3)14-21/h1,5-12,14-15H,13H2,2-3H3,(H,27,28)/b20-15+. The van der Waals surface area contributed by atoms with Crippen molar-refractivity contribution in [1.29, 1.82) is 5.26 Å². The number of carbonyl (C=O) groups is 1. The average molecular weight is 380 g/mol. The van der Waals surface area contributed by atoms with Crippen LogP contribution < -0.4 is 10.1 Å². The van der Waals surface area contributed by atoms with Crippen molar-refractivity contribution in [3.8, 4) is 24.2 Å². The first-order chi connectivity index (χ1) is 14.0. The topological polar surface area (TPSA) is 62.1 Å². The molecule has 1 amide bonds.